The van der Waals surface area contributed by atoms with Crippen LogP contribution in [0.15, 0.2) is 24.3 Å². The molecule has 0 spiro atoms. The number of amides is 1. The number of benzene rings is 1. The maximum atomic E-state index is 12.3. The van der Waals surface area contributed by atoms with E-state index in [-0.39, 0.29) is 0 Å². The quantitative estimate of drug-likeness (QED) is 0.782. The minimum Gasteiger partial charge on any atom is -0.443 e. The van der Waals surface area contributed by atoms with E-state index < -0.39 is 17.4 Å². The summed E-state index contributed by atoms with van der Waals surface area (Å²) < 4.78 is 5.40. The van der Waals surface area contributed by atoms with E-state index in [9.17, 15) is 9.90 Å². The Morgan fingerprint density at radius 1 is 1.37 bits per heavy atom. The largest absolute Gasteiger partial charge is 0.443 e. The van der Waals surface area contributed by atoms with Gasteiger partial charge in [-0.25, -0.2) is 9.69 Å². The number of hydrogen-bond donors (Lipinski definition) is 1. The van der Waals surface area contributed by atoms with Crippen molar-refractivity contribution in [3.05, 3.63) is 29.8 Å². The molecule has 1 aliphatic rings. The molecule has 104 valence electrons. The Balaban J connectivity index is 2.38. The highest BCUT2D eigenvalue weighted by Gasteiger charge is 2.40. The third-order valence-electron chi connectivity index (χ3n) is 3.16. The van der Waals surface area contributed by atoms with Crippen molar-refractivity contribution in [3.8, 4) is 0 Å². The summed E-state index contributed by atoms with van der Waals surface area (Å²) in [4.78, 5) is 13.7. The first-order chi connectivity index (χ1) is 8.71. The molecule has 0 radical (unpaired) electrons. The number of anilines is 1. The number of rotatable bonds is 0. The molecule has 0 saturated carbocycles. The third-order valence-corrected chi connectivity index (χ3v) is 3.16. The molecule has 1 heterocycles. The van der Waals surface area contributed by atoms with Crippen molar-refractivity contribution in [2.24, 2.45) is 0 Å². The first-order valence-corrected chi connectivity index (χ1v) is 6.54. The number of aryl methyl sites for hydroxylation is 1. The van der Waals surface area contributed by atoms with Crippen molar-refractivity contribution < 1.29 is 14.6 Å². The zero-order valence-corrected chi connectivity index (χ0v) is 11.9. The zero-order valence-electron chi connectivity index (χ0n) is 11.9. The van der Waals surface area contributed by atoms with Gasteiger partial charge in [-0.05, 0) is 52.2 Å². The fraction of sp³-hybridized carbons (Fsp3) is 0.533. The molecule has 1 amide bonds. The molecule has 1 unspecified atom stereocenters. The second-order valence-corrected chi connectivity index (χ2v) is 6.16. The number of carbonyl (C=O) groups is 1. The lowest BCUT2D eigenvalue weighted by Gasteiger charge is -2.42. The Labute approximate surface area is 114 Å². The van der Waals surface area contributed by atoms with Gasteiger partial charge in [0.25, 0.3) is 0 Å². The summed E-state index contributed by atoms with van der Waals surface area (Å²) in [5.41, 5.74) is -0.0103. The molecule has 1 aliphatic heterocycles. The van der Waals surface area contributed by atoms with Gasteiger partial charge in [0.15, 0.2) is 0 Å². The molecule has 0 bridgehead atoms. The van der Waals surface area contributed by atoms with E-state index in [1.807, 2.05) is 45.0 Å². The Morgan fingerprint density at radius 2 is 2.00 bits per heavy atom. The number of fused-ring (bicyclic) bond motifs is 1. The van der Waals surface area contributed by atoms with Crippen LogP contribution in [0.25, 0.3) is 0 Å². The Morgan fingerprint density at radius 3 is 2.63 bits per heavy atom. The van der Waals surface area contributed by atoms with Crippen LogP contribution in [-0.2, 0) is 11.2 Å². The number of para-hydroxylation sites is 1. The van der Waals surface area contributed by atoms with Crippen molar-refractivity contribution in [2.45, 2.75) is 51.9 Å². The van der Waals surface area contributed by atoms with Crippen LogP contribution in [0.1, 0.15) is 39.7 Å². The maximum absolute atomic E-state index is 12.3. The van der Waals surface area contributed by atoms with Crippen LogP contribution in [0, 0.1) is 0 Å². The highest BCUT2D eigenvalue weighted by Crippen LogP contribution is 2.36. The van der Waals surface area contributed by atoms with E-state index >= 15 is 0 Å². The van der Waals surface area contributed by atoms with E-state index in [4.69, 9.17) is 4.74 Å². The predicted octanol–water partition coefficient (Wildman–Crippen LogP) is 3.08. The molecule has 4 nitrogen and oxygen atoms in total. The lowest BCUT2D eigenvalue weighted by atomic mass is 9.94. The topological polar surface area (TPSA) is 49.8 Å². The lowest BCUT2D eigenvalue weighted by molar-refractivity contribution is 0.0135. The first kappa shape index (κ1) is 13.9. The molecule has 0 aliphatic carbocycles. The fourth-order valence-electron chi connectivity index (χ4n) is 2.29. The van der Waals surface area contributed by atoms with Gasteiger partial charge >= 0.3 is 6.09 Å². The number of hydrogen-bond acceptors (Lipinski definition) is 3. The summed E-state index contributed by atoms with van der Waals surface area (Å²) in [7, 11) is 0. The minimum atomic E-state index is -1.21. The van der Waals surface area contributed by atoms with Crippen LogP contribution in [0.4, 0.5) is 10.5 Å². The summed E-state index contributed by atoms with van der Waals surface area (Å²) in [6.07, 6.45) is 0.746. The average Bonchev–Trinajstić information content (AvgIpc) is 2.25. The summed E-state index contributed by atoms with van der Waals surface area (Å²) >= 11 is 0. The van der Waals surface area contributed by atoms with Crippen molar-refractivity contribution in [1.29, 1.82) is 0 Å². The molecule has 1 aromatic carbocycles. The van der Waals surface area contributed by atoms with Gasteiger partial charge in [-0.2, -0.15) is 0 Å². The van der Waals surface area contributed by atoms with Crippen molar-refractivity contribution >= 4 is 11.8 Å². The SMILES string of the molecule is CC(C)(C)OC(=O)N1c2ccccc2CCC1(C)O. The molecule has 19 heavy (non-hydrogen) atoms. The Bertz CT molecular complexity index is 488. The predicted molar refractivity (Wildman–Crippen MR) is 74.1 cm³/mol. The van der Waals surface area contributed by atoms with Gasteiger partial charge in [-0.1, -0.05) is 18.2 Å². The molecule has 1 atom stereocenters. The molecule has 1 aromatic rings. The van der Waals surface area contributed by atoms with E-state index in [2.05, 4.69) is 0 Å². The van der Waals surface area contributed by atoms with Crippen molar-refractivity contribution in [3.63, 3.8) is 0 Å². The molecule has 0 aromatic heterocycles. The second-order valence-electron chi connectivity index (χ2n) is 6.16. The van der Waals surface area contributed by atoms with Gasteiger partial charge < -0.3 is 9.84 Å². The van der Waals surface area contributed by atoms with Gasteiger partial charge in [-0.3, -0.25) is 0 Å². The Hall–Kier alpha value is -1.55. The molecule has 0 saturated heterocycles. The summed E-state index contributed by atoms with van der Waals surface area (Å²) in [5.74, 6) is 0. The van der Waals surface area contributed by atoms with Gasteiger partial charge in [0.1, 0.15) is 11.3 Å². The maximum Gasteiger partial charge on any atom is 0.417 e. The van der Waals surface area contributed by atoms with Gasteiger partial charge in [0.05, 0.1) is 5.69 Å². The highest BCUT2D eigenvalue weighted by atomic mass is 16.6. The van der Waals surface area contributed by atoms with Crippen LogP contribution >= 0.6 is 0 Å². The number of nitrogens with zero attached hydrogens (tertiary/aromatic N) is 1. The smallest absolute Gasteiger partial charge is 0.417 e. The van der Waals surface area contributed by atoms with E-state index in [0.717, 1.165) is 17.7 Å². The fourth-order valence-corrected chi connectivity index (χ4v) is 2.29. The van der Waals surface area contributed by atoms with Gasteiger partial charge in [0.2, 0.25) is 0 Å². The normalized spacial score (nSPS) is 22.9. The number of carbonyl (C=O) groups excluding carboxylic acids is 1. The third kappa shape index (κ3) is 2.89. The first-order valence-electron chi connectivity index (χ1n) is 6.54. The number of aliphatic hydroxyl groups is 1. The van der Waals surface area contributed by atoms with Crippen LogP contribution in [0.5, 0.6) is 0 Å². The summed E-state index contributed by atoms with van der Waals surface area (Å²) in [5, 5.41) is 10.5. The standard InChI is InChI=1S/C15H21NO3/c1-14(2,3)19-13(17)16-12-8-6-5-7-11(12)9-10-15(16,4)18/h5-8,18H,9-10H2,1-4H3. The van der Waals surface area contributed by atoms with Gasteiger partial charge in [0, 0.05) is 0 Å². The average molecular weight is 263 g/mol. The minimum absolute atomic E-state index is 0.503. The van der Waals surface area contributed by atoms with E-state index in [1.54, 1.807) is 6.92 Å². The van der Waals surface area contributed by atoms with Gasteiger partial charge in [-0.15, -0.1) is 0 Å². The van der Waals surface area contributed by atoms with E-state index in [1.165, 1.54) is 4.90 Å². The molecular weight excluding hydrogens is 242 g/mol. The van der Waals surface area contributed by atoms with Crippen LogP contribution in [0.2, 0.25) is 0 Å². The summed E-state index contributed by atoms with van der Waals surface area (Å²) in [6, 6.07) is 7.61. The lowest BCUT2D eigenvalue weighted by Crippen LogP contribution is -2.54. The monoisotopic (exact) mass is 263 g/mol. The van der Waals surface area contributed by atoms with Crippen molar-refractivity contribution in [1.82, 2.24) is 0 Å². The van der Waals surface area contributed by atoms with Crippen LogP contribution in [-0.4, -0.2) is 22.5 Å². The van der Waals surface area contributed by atoms with E-state index in [0.29, 0.717) is 6.42 Å². The molecule has 4 heteroatoms. The highest BCUT2D eigenvalue weighted by molar-refractivity contribution is 5.90. The molecule has 0 fully saturated rings. The van der Waals surface area contributed by atoms with Crippen LogP contribution < -0.4 is 4.90 Å². The molecule has 2 rings (SSSR count). The Kier molecular flexibility index (Phi) is 3.31. The molecule has 1 N–H and O–H groups in total. The zero-order chi connectivity index (χ0) is 14.3. The number of ether oxygens (including phenoxy) is 1. The summed E-state index contributed by atoms with van der Waals surface area (Å²) in [6.45, 7) is 7.09. The van der Waals surface area contributed by atoms with Crippen LogP contribution in [0.3, 0.4) is 0 Å². The molecular formula is C15H21NO3. The van der Waals surface area contributed by atoms with Crippen molar-refractivity contribution in [2.75, 3.05) is 4.90 Å². The second kappa shape index (κ2) is 4.53.